The zero-order valence-corrected chi connectivity index (χ0v) is 7.20. The van der Waals surface area contributed by atoms with Crippen molar-refractivity contribution in [1.29, 1.82) is 0 Å². The van der Waals surface area contributed by atoms with Crippen LogP contribution < -0.4 is 0 Å². The van der Waals surface area contributed by atoms with Crippen LogP contribution in [-0.2, 0) is 4.74 Å². The molecule has 1 N–H and O–H groups in total. The van der Waals surface area contributed by atoms with Crippen molar-refractivity contribution in [2.24, 2.45) is 0 Å². The molecule has 1 fully saturated rings. The number of nitrogens with one attached hydrogen (secondary N) is 1. The first kappa shape index (κ1) is 9.07. The van der Waals surface area contributed by atoms with Gasteiger partial charge in [-0.3, -0.25) is 0 Å². The van der Waals surface area contributed by atoms with Gasteiger partial charge in [0.2, 0.25) is 0 Å². The molecule has 1 aliphatic rings. The molecule has 2 nitrogen and oxygen atoms in total. The van der Waals surface area contributed by atoms with E-state index in [0.29, 0.717) is 6.10 Å². The highest BCUT2D eigenvalue weighted by Gasteiger charge is 2.20. The summed E-state index contributed by atoms with van der Waals surface area (Å²) in [6.45, 7) is 4.58. The fraction of sp³-hybridized carbons (Fsp3) is 0.400. The predicted molar refractivity (Wildman–Crippen MR) is 50.0 cm³/mol. The molecule has 1 saturated heterocycles. The number of aromatic nitrogens is 1. The van der Waals surface area contributed by atoms with Crippen molar-refractivity contribution in [1.82, 2.24) is 4.98 Å². The average Bonchev–Trinajstić information content (AvgIpc) is 2.71. The standard InChI is InChI=1S/C6H10O.C4H5N/c1-2-3-4-6-5-7-6;1-2-4-5-3-1/h2,6H,1,3-5H2;1-5H. The monoisotopic (exact) mass is 165 g/mol. The fourth-order valence-electron chi connectivity index (χ4n) is 0.816. The fourth-order valence-corrected chi connectivity index (χ4v) is 0.816. The van der Waals surface area contributed by atoms with Gasteiger partial charge in [-0.05, 0) is 25.0 Å². The number of ether oxygens (including phenoxy) is 1. The van der Waals surface area contributed by atoms with E-state index in [1.54, 1.807) is 0 Å². The van der Waals surface area contributed by atoms with Crippen LogP contribution in [0.15, 0.2) is 37.2 Å². The molecule has 2 heteroatoms. The largest absolute Gasteiger partial charge is 0.373 e. The third-order valence-corrected chi connectivity index (χ3v) is 1.59. The predicted octanol–water partition coefficient (Wildman–Crippen LogP) is 2.37. The summed E-state index contributed by atoms with van der Waals surface area (Å²) in [4.78, 5) is 2.86. The van der Waals surface area contributed by atoms with E-state index < -0.39 is 0 Å². The Bertz CT molecular complexity index is 172. The molecule has 12 heavy (non-hydrogen) atoms. The first-order valence-electron chi connectivity index (χ1n) is 4.23. The molecule has 2 rings (SSSR count). The van der Waals surface area contributed by atoms with Gasteiger partial charge in [0, 0.05) is 12.4 Å². The summed E-state index contributed by atoms with van der Waals surface area (Å²) in [5.41, 5.74) is 0. The molecule has 0 spiro atoms. The number of epoxide rings is 1. The van der Waals surface area contributed by atoms with Crippen molar-refractivity contribution in [2.75, 3.05) is 6.61 Å². The van der Waals surface area contributed by atoms with E-state index in [2.05, 4.69) is 11.6 Å². The number of allylic oxidation sites excluding steroid dienone is 1. The van der Waals surface area contributed by atoms with E-state index in [1.165, 1.54) is 6.42 Å². The Kier molecular flexibility index (Phi) is 4.24. The van der Waals surface area contributed by atoms with Gasteiger partial charge < -0.3 is 9.72 Å². The second-order valence-electron chi connectivity index (χ2n) is 2.71. The van der Waals surface area contributed by atoms with Crippen LogP contribution in [0.1, 0.15) is 12.8 Å². The molecule has 66 valence electrons. The highest BCUT2D eigenvalue weighted by Crippen LogP contribution is 2.14. The minimum absolute atomic E-state index is 0.581. The molecule has 0 aliphatic carbocycles. The molecule has 0 saturated carbocycles. The summed E-state index contributed by atoms with van der Waals surface area (Å²) in [6, 6.07) is 3.89. The Morgan fingerprint density at radius 3 is 2.50 bits per heavy atom. The first-order valence-corrected chi connectivity index (χ1v) is 4.23. The Labute approximate surface area is 73.3 Å². The molecule has 1 aromatic rings. The second-order valence-corrected chi connectivity index (χ2v) is 2.71. The normalized spacial score (nSPS) is 19.2. The second kappa shape index (κ2) is 5.61. The van der Waals surface area contributed by atoms with Crippen molar-refractivity contribution in [3.8, 4) is 0 Å². The average molecular weight is 165 g/mol. The lowest BCUT2D eigenvalue weighted by Gasteiger charge is -1.82. The summed E-state index contributed by atoms with van der Waals surface area (Å²) in [5.74, 6) is 0. The Balaban J connectivity index is 0.000000127. The molecular weight excluding hydrogens is 150 g/mol. The molecule has 1 unspecified atom stereocenters. The summed E-state index contributed by atoms with van der Waals surface area (Å²) in [5, 5.41) is 0. The molecule has 0 aromatic carbocycles. The number of hydrogen-bond donors (Lipinski definition) is 1. The minimum Gasteiger partial charge on any atom is -0.373 e. The van der Waals surface area contributed by atoms with E-state index in [9.17, 15) is 0 Å². The van der Waals surface area contributed by atoms with E-state index in [1.807, 2.05) is 30.6 Å². The first-order chi connectivity index (χ1) is 5.93. The van der Waals surface area contributed by atoms with Crippen LogP contribution in [-0.4, -0.2) is 17.7 Å². The maximum Gasteiger partial charge on any atom is 0.0812 e. The Morgan fingerprint density at radius 2 is 2.17 bits per heavy atom. The van der Waals surface area contributed by atoms with Crippen LogP contribution in [0.4, 0.5) is 0 Å². The van der Waals surface area contributed by atoms with Gasteiger partial charge in [-0.15, -0.1) is 6.58 Å². The van der Waals surface area contributed by atoms with E-state index in [-0.39, 0.29) is 0 Å². The number of H-pyrrole nitrogens is 1. The van der Waals surface area contributed by atoms with Crippen LogP contribution in [0, 0.1) is 0 Å². The molecule has 1 aromatic heterocycles. The lowest BCUT2D eigenvalue weighted by molar-refractivity contribution is 0.398. The molecule has 1 aliphatic heterocycles. The van der Waals surface area contributed by atoms with Crippen molar-refractivity contribution in [2.45, 2.75) is 18.9 Å². The topological polar surface area (TPSA) is 28.3 Å². The molecule has 2 heterocycles. The van der Waals surface area contributed by atoms with E-state index in [4.69, 9.17) is 4.74 Å². The van der Waals surface area contributed by atoms with Crippen LogP contribution in [0.5, 0.6) is 0 Å². The molecule has 0 amide bonds. The maximum atomic E-state index is 4.96. The third kappa shape index (κ3) is 4.74. The van der Waals surface area contributed by atoms with Crippen molar-refractivity contribution in [3.05, 3.63) is 37.2 Å². The highest BCUT2D eigenvalue weighted by molar-refractivity contribution is 4.84. The number of aromatic amines is 1. The van der Waals surface area contributed by atoms with E-state index in [0.717, 1.165) is 13.0 Å². The maximum absolute atomic E-state index is 4.96. The molecular formula is C10H15NO. The van der Waals surface area contributed by atoms with Crippen LogP contribution in [0.25, 0.3) is 0 Å². The van der Waals surface area contributed by atoms with Gasteiger partial charge in [0.25, 0.3) is 0 Å². The van der Waals surface area contributed by atoms with Gasteiger partial charge in [-0.2, -0.15) is 0 Å². The lowest BCUT2D eigenvalue weighted by Crippen LogP contribution is -1.79. The van der Waals surface area contributed by atoms with Gasteiger partial charge in [-0.25, -0.2) is 0 Å². The van der Waals surface area contributed by atoms with Gasteiger partial charge in [0.1, 0.15) is 0 Å². The van der Waals surface area contributed by atoms with Crippen LogP contribution in [0.2, 0.25) is 0 Å². The van der Waals surface area contributed by atoms with Gasteiger partial charge in [0.15, 0.2) is 0 Å². The van der Waals surface area contributed by atoms with Gasteiger partial charge >= 0.3 is 0 Å². The Morgan fingerprint density at radius 1 is 1.50 bits per heavy atom. The van der Waals surface area contributed by atoms with Crippen molar-refractivity contribution in [3.63, 3.8) is 0 Å². The summed E-state index contributed by atoms with van der Waals surface area (Å²) >= 11 is 0. The minimum atomic E-state index is 0.581. The number of rotatable bonds is 3. The molecule has 0 radical (unpaired) electrons. The highest BCUT2D eigenvalue weighted by atomic mass is 16.6. The van der Waals surface area contributed by atoms with Crippen LogP contribution in [0.3, 0.4) is 0 Å². The van der Waals surface area contributed by atoms with Crippen molar-refractivity contribution >= 4 is 0 Å². The SMILES string of the molecule is C=CCCC1CO1.c1cc[nH]c1. The molecule has 0 bridgehead atoms. The third-order valence-electron chi connectivity index (χ3n) is 1.59. The summed E-state index contributed by atoms with van der Waals surface area (Å²) < 4.78 is 4.96. The van der Waals surface area contributed by atoms with Crippen molar-refractivity contribution < 1.29 is 4.74 Å². The quantitative estimate of drug-likeness (QED) is 0.540. The van der Waals surface area contributed by atoms with Gasteiger partial charge in [0.05, 0.1) is 12.7 Å². The smallest absolute Gasteiger partial charge is 0.0812 e. The summed E-state index contributed by atoms with van der Waals surface area (Å²) in [6.07, 6.45) is 8.54. The van der Waals surface area contributed by atoms with E-state index >= 15 is 0 Å². The number of hydrogen-bond acceptors (Lipinski definition) is 1. The van der Waals surface area contributed by atoms with Crippen LogP contribution >= 0.6 is 0 Å². The summed E-state index contributed by atoms with van der Waals surface area (Å²) in [7, 11) is 0. The zero-order valence-electron chi connectivity index (χ0n) is 7.20. The molecule has 1 atom stereocenters. The zero-order chi connectivity index (χ0) is 8.65. The lowest BCUT2D eigenvalue weighted by atomic mass is 10.2. The Hall–Kier alpha value is -1.02. The van der Waals surface area contributed by atoms with Gasteiger partial charge in [-0.1, -0.05) is 6.08 Å².